The lowest BCUT2D eigenvalue weighted by Gasteiger charge is -2.22. The van der Waals surface area contributed by atoms with Gasteiger partial charge in [-0.2, -0.15) is 0 Å². The number of nitrogens with zero attached hydrogens (tertiary/aromatic N) is 1. The quantitative estimate of drug-likeness (QED) is 0.644. The van der Waals surface area contributed by atoms with Crippen molar-refractivity contribution >= 4 is 33.6 Å². The van der Waals surface area contributed by atoms with Crippen molar-refractivity contribution in [3.8, 4) is 0 Å². The highest BCUT2D eigenvalue weighted by molar-refractivity contribution is 9.10. The molecule has 2 aromatic rings. The molecule has 0 aliphatic carbocycles. The second-order valence-corrected chi connectivity index (χ2v) is 7.10. The van der Waals surface area contributed by atoms with Gasteiger partial charge < -0.3 is 16.0 Å². The first-order chi connectivity index (χ1) is 12.5. The van der Waals surface area contributed by atoms with Gasteiger partial charge in [-0.05, 0) is 42.3 Å². The van der Waals surface area contributed by atoms with Gasteiger partial charge in [0.2, 0.25) is 5.91 Å². The summed E-state index contributed by atoms with van der Waals surface area (Å²) in [5, 5.41) is 8.33. The Balaban J connectivity index is 1.85. The Labute approximate surface area is 161 Å². The predicted molar refractivity (Wildman–Crippen MR) is 106 cm³/mol. The molecule has 2 rings (SSSR count). The molecule has 7 heteroatoms. The molecule has 0 spiro atoms. The Morgan fingerprint density at radius 1 is 1.12 bits per heavy atom. The number of carbonyl (C=O) groups is 2. The molecule has 1 unspecified atom stereocenters. The number of pyridine rings is 1. The molecule has 0 saturated carbocycles. The van der Waals surface area contributed by atoms with Gasteiger partial charge in [-0.3, -0.25) is 9.78 Å². The molecule has 3 amide bonds. The van der Waals surface area contributed by atoms with Crippen molar-refractivity contribution in [3.05, 3.63) is 58.8 Å². The van der Waals surface area contributed by atoms with Crippen molar-refractivity contribution in [1.29, 1.82) is 0 Å². The van der Waals surface area contributed by atoms with Crippen LogP contribution in [-0.4, -0.2) is 29.5 Å². The van der Waals surface area contributed by atoms with Crippen molar-refractivity contribution in [1.82, 2.24) is 15.6 Å². The van der Waals surface area contributed by atoms with Crippen LogP contribution in [0.1, 0.15) is 19.5 Å². The minimum atomic E-state index is -0.616. The predicted octanol–water partition coefficient (Wildman–Crippen LogP) is 3.35. The molecule has 138 valence electrons. The fourth-order valence-electron chi connectivity index (χ4n) is 2.35. The zero-order valence-electron chi connectivity index (χ0n) is 14.8. The summed E-state index contributed by atoms with van der Waals surface area (Å²) in [6.45, 7) is 4.25. The molecule has 0 fully saturated rings. The Kier molecular flexibility index (Phi) is 7.59. The lowest BCUT2D eigenvalue weighted by atomic mass is 10.0. The third kappa shape index (κ3) is 6.48. The molecule has 1 aromatic heterocycles. The van der Waals surface area contributed by atoms with Crippen LogP contribution in [0.5, 0.6) is 0 Å². The van der Waals surface area contributed by atoms with Gasteiger partial charge >= 0.3 is 6.03 Å². The fourth-order valence-corrected chi connectivity index (χ4v) is 2.61. The van der Waals surface area contributed by atoms with Gasteiger partial charge in [-0.1, -0.05) is 35.8 Å². The van der Waals surface area contributed by atoms with Crippen LogP contribution in [0.25, 0.3) is 0 Å². The van der Waals surface area contributed by atoms with Crippen molar-refractivity contribution in [2.24, 2.45) is 5.92 Å². The van der Waals surface area contributed by atoms with E-state index in [4.69, 9.17) is 0 Å². The Morgan fingerprint density at radius 2 is 1.85 bits per heavy atom. The molecule has 1 atom stereocenters. The number of rotatable bonds is 7. The zero-order valence-corrected chi connectivity index (χ0v) is 16.4. The first-order valence-electron chi connectivity index (χ1n) is 8.46. The van der Waals surface area contributed by atoms with E-state index < -0.39 is 12.1 Å². The van der Waals surface area contributed by atoms with Crippen LogP contribution in [0.2, 0.25) is 0 Å². The number of amides is 3. The van der Waals surface area contributed by atoms with Gasteiger partial charge in [0.15, 0.2) is 0 Å². The average molecular weight is 419 g/mol. The van der Waals surface area contributed by atoms with E-state index in [1.165, 1.54) is 0 Å². The first-order valence-corrected chi connectivity index (χ1v) is 9.25. The maximum atomic E-state index is 12.4. The largest absolute Gasteiger partial charge is 0.354 e. The molecular formula is C19H23BrN4O2. The van der Waals surface area contributed by atoms with Crippen LogP contribution in [-0.2, 0) is 11.2 Å². The van der Waals surface area contributed by atoms with Gasteiger partial charge in [0.05, 0.1) is 0 Å². The van der Waals surface area contributed by atoms with Crippen LogP contribution in [0, 0.1) is 5.92 Å². The Hall–Kier alpha value is -2.41. The van der Waals surface area contributed by atoms with E-state index in [0.29, 0.717) is 18.7 Å². The molecule has 6 nitrogen and oxygen atoms in total. The smallest absolute Gasteiger partial charge is 0.319 e. The SMILES string of the molecule is CC(C)C(NC(=O)Nc1ccc(Br)cc1)C(=O)NCCc1ccccn1. The summed E-state index contributed by atoms with van der Waals surface area (Å²) in [4.78, 5) is 28.8. The Morgan fingerprint density at radius 3 is 2.46 bits per heavy atom. The van der Waals surface area contributed by atoms with Crippen LogP contribution in [0.3, 0.4) is 0 Å². The average Bonchev–Trinajstić information content (AvgIpc) is 2.62. The number of urea groups is 1. The van der Waals surface area contributed by atoms with Gasteiger partial charge in [0, 0.05) is 35.0 Å². The minimum Gasteiger partial charge on any atom is -0.354 e. The van der Waals surface area contributed by atoms with Gasteiger partial charge in [0.1, 0.15) is 6.04 Å². The van der Waals surface area contributed by atoms with Crippen molar-refractivity contribution in [3.63, 3.8) is 0 Å². The van der Waals surface area contributed by atoms with E-state index in [9.17, 15) is 9.59 Å². The molecule has 1 heterocycles. The highest BCUT2D eigenvalue weighted by Crippen LogP contribution is 2.14. The molecule has 1 aromatic carbocycles. The first kappa shape index (κ1) is 19.9. The van der Waals surface area contributed by atoms with E-state index in [1.54, 1.807) is 18.3 Å². The molecule has 0 aliphatic heterocycles. The third-order valence-corrected chi connectivity index (χ3v) is 4.27. The van der Waals surface area contributed by atoms with Crippen molar-refractivity contribution in [2.75, 3.05) is 11.9 Å². The molecule has 0 bridgehead atoms. The highest BCUT2D eigenvalue weighted by Gasteiger charge is 2.23. The number of anilines is 1. The fraction of sp³-hybridized carbons (Fsp3) is 0.316. The maximum absolute atomic E-state index is 12.4. The summed E-state index contributed by atoms with van der Waals surface area (Å²) >= 11 is 3.35. The number of halogens is 1. The van der Waals surface area contributed by atoms with Crippen molar-refractivity contribution < 1.29 is 9.59 Å². The van der Waals surface area contributed by atoms with Gasteiger partial charge in [0.25, 0.3) is 0 Å². The summed E-state index contributed by atoms with van der Waals surface area (Å²) < 4.78 is 0.927. The Bertz CT molecular complexity index is 720. The molecular weight excluding hydrogens is 396 g/mol. The van der Waals surface area contributed by atoms with Crippen LogP contribution >= 0.6 is 15.9 Å². The summed E-state index contributed by atoms with van der Waals surface area (Å²) in [5.74, 6) is -0.248. The monoisotopic (exact) mass is 418 g/mol. The number of hydrogen-bond donors (Lipinski definition) is 3. The number of nitrogens with one attached hydrogen (secondary N) is 3. The molecule has 0 radical (unpaired) electrons. The summed E-state index contributed by atoms with van der Waals surface area (Å²) in [6.07, 6.45) is 2.37. The molecule has 3 N–H and O–H groups in total. The number of hydrogen-bond acceptors (Lipinski definition) is 3. The zero-order chi connectivity index (χ0) is 18.9. The summed E-state index contributed by atoms with van der Waals surface area (Å²) in [6, 6.07) is 11.9. The standard InChI is InChI=1S/C19H23BrN4O2/c1-13(2)17(18(25)22-12-10-15-5-3-4-11-21-15)24-19(26)23-16-8-6-14(20)7-9-16/h3-9,11,13,17H,10,12H2,1-2H3,(H,22,25)(H2,23,24,26). The second kappa shape index (κ2) is 9.91. The number of aromatic nitrogens is 1. The molecule has 0 aliphatic rings. The second-order valence-electron chi connectivity index (χ2n) is 6.19. The molecule has 0 saturated heterocycles. The lowest BCUT2D eigenvalue weighted by molar-refractivity contribution is -0.123. The lowest BCUT2D eigenvalue weighted by Crippen LogP contribution is -2.51. The van der Waals surface area contributed by atoms with Crippen LogP contribution < -0.4 is 16.0 Å². The van der Waals surface area contributed by atoms with Crippen molar-refractivity contribution in [2.45, 2.75) is 26.3 Å². The summed E-state index contributed by atoms with van der Waals surface area (Å²) in [5.41, 5.74) is 1.57. The van der Waals surface area contributed by atoms with Crippen LogP contribution in [0.15, 0.2) is 53.1 Å². The van der Waals surface area contributed by atoms with Gasteiger partial charge in [-0.15, -0.1) is 0 Å². The maximum Gasteiger partial charge on any atom is 0.319 e. The molecule has 26 heavy (non-hydrogen) atoms. The third-order valence-electron chi connectivity index (χ3n) is 3.74. The van der Waals surface area contributed by atoms with E-state index in [0.717, 1.165) is 10.2 Å². The normalized spacial score (nSPS) is 11.7. The van der Waals surface area contributed by atoms with Gasteiger partial charge in [-0.25, -0.2) is 4.79 Å². The number of carbonyl (C=O) groups excluding carboxylic acids is 2. The van der Waals surface area contributed by atoms with E-state index in [-0.39, 0.29) is 11.8 Å². The number of benzene rings is 1. The van der Waals surface area contributed by atoms with E-state index >= 15 is 0 Å². The van der Waals surface area contributed by atoms with Crippen LogP contribution in [0.4, 0.5) is 10.5 Å². The van der Waals surface area contributed by atoms with E-state index in [1.807, 2.05) is 44.2 Å². The summed E-state index contributed by atoms with van der Waals surface area (Å²) in [7, 11) is 0. The topological polar surface area (TPSA) is 83.1 Å². The minimum absolute atomic E-state index is 0.0412. The highest BCUT2D eigenvalue weighted by atomic mass is 79.9. The van der Waals surface area contributed by atoms with E-state index in [2.05, 4.69) is 36.9 Å².